The number of rotatable bonds is 3. The zero-order valence-corrected chi connectivity index (χ0v) is 9.40. The molecular weight excluding hydrogens is 206 g/mol. The number of carbonyl (C=O) groups is 1. The molecule has 1 aliphatic rings. The van der Waals surface area contributed by atoms with E-state index in [0.29, 0.717) is 25.5 Å². The molecule has 2 rings (SSSR count). The van der Waals surface area contributed by atoms with Gasteiger partial charge in [-0.1, -0.05) is 0 Å². The van der Waals surface area contributed by atoms with Crippen molar-refractivity contribution < 1.29 is 9.53 Å². The van der Waals surface area contributed by atoms with Crippen molar-refractivity contribution >= 4 is 5.91 Å². The lowest BCUT2D eigenvalue weighted by Crippen LogP contribution is -2.52. The van der Waals surface area contributed by atoms with Gasteiger partial charge in [0.15, 0.2) is 0 Å². The Morgan fingerprint density at radius 3 is 3.31 bits per heavy atom. The molecule has 1 unspecified atom stereocenters. The van der Waals surface area contributed by atoms with E-state index >= 15 is 0 Å². The molecule has 1 aromatic heterocycles. The van der Waals surface area contributed by atoms with E-state index < -0.39 is 0 Å². The second-order valence-corrected chi connectivity index (χ2v) is 3.87. The molecule has 5 heteroatoms. The van der Waals surface area contributed by atoms with Gasteiger partial charge in [0.1, 0.15) is 5.69 Å². The van der Waals surface area contributed by atoms with Gasteiger partial charge in [-0.05, 0) is 19.2 Å². The van der Waals surface area contributed by atoms with Crippen LogP contribution in [0.5, 0.6) is 0 Å². The van der Waals surface area contributed by atoms with Gasteiger partial charge in [0.2, 0.25) is 0 Å². The van der Waals surface area contributed by atoms with Gasteiger partial charge in [0, 0.05) is 19.3 Å². The molecule has 1 amide bonds. The molecule has 1 saturated heterocycles. The number of aromatic amines is 1. The molecule has 5 nitrogen and oxygen atoms in total. The smallest absolute Gasteiger partial charge is 0.270 e. The number of nitrogens with one attached hydrogen (secondary N) is 2. The summed E-state index contributed by atoms with van der Waals surface area (Å²) in [4.78, 5) is 17.0. The summed E-state index contributed by atoms with van der Waals surface area (Å²) in [6, 6.07) is 3.75. The summed E-state index contributed by atoms with van der Waals surface area (Å²) in [5.74, 6) is 0.0496. The number of ether oxygens (including phenoxy) is 1. The maximum absolute atomic E-state index is 12.2. The number of likely N-dealkylation sites (N-methyl/N-ethyl adjacent to an activating group) is 1. The Hall–Kier alpha value is -1.33. The minimum absolute atomic E-state index is 0.0496. The monoisotopic (exact) mass is 223 g/mol. The van der Waals surface area contributed by atoms with Crippen LogP contribution in [-0.4, -0.2) is 55.2 Å². The molecule has 0 saturated carbocycles. The van der Waals surface area contributed by atoms with Crippen LogP contribution in [0, 0.1) is 0 Å². The van der Waals surface area contributed by atoms with Crippen molar-refractivity contribution in [3.05, 3.63) is 24.0 Å². The molecule has 1 fully saturated rings. The van der Waals surface area contributed by atoms with Gasteiger partial charge in [-0.2, -0.15) is 0 Å². The molecule has 0 aromatic carbocycles. The van der Waals surface area contributed by atoms with Crippen molar-refractivity contribution in [1.82, 2.24) is 15.2 Å². The molecule has 0 spiro atoms. The molecule has 0 bridgehead atoms. The number of morpholine rings is 1. The Bertz CT molecular complexity index is 335. The highest BCUT2D eigenvalue weighted by Crippen LogP contribution is 2.10. The Labute approximate surface area is 94.8 Å². The van der Waals surface area contributed by atoms with Crippen molar-refractivity contribution in [3.8, 4) is 0 Å². The third-order valence-corrected chi connectivity index (χ3v) is 2.76. The summed E-state index contributed by atoms with van der Waals surface area (Å²) in [6.45, 7) is 2.64. The molecule has 2 heterocycles. The Balaban J connectivity index is 2.08. The fourth-order valence-corrected chi connectivity index (χ4v) is 1.95. The Kier molecular flexibility index (Phi) is 3.58. The van der Waals surface area contributed by atoms with Crippen molar-refractivity contribution in [2.24, 2.45) is 0 Å². The SMILES string of the molecule is CNCC1COCCN1C(=O)c1ccc[nH]1. The maximum atomic E-state index is 12.2. The lowest BCUT2D eigenvalue weighted by Gasteiger charge is -2.35. The first kappa shape index (κ1) is 11.2. The third kappa shape index (κ3) is 2.25. The van der Waals surface area contributed by atoms with Crippen LogP contribution >= 0.6 is 0 Å². The van der Waals surface area contributed by atoms with E-state index in [9.17, 15) is 4.79 Å². The summed E-state index contributed by atoms with van der Waals surface area (Å²) in [5, 5.41) is 3.08. The second-order valence-electron chi connectivity index (χ2n) is 3.87. The summed E-state index contributed by atoms with van der Waals surface area (Å²) >= 11 is 0. The number of H-pyrrole nitrogens is 1. The van der Waals surface area contributed by atoms with Crippen molar-refractivity contribution in [1.29, 1.82) is 0 Å². The van der Waals surface area contributed by atoms with E-state index in [1.165, 1.54) is 0 Å². The van der Waals surface area contributed by atoms with Crippen LogP contribution in [0.4, 0.5) is 0 Å². The van der Waals surface area contributed by atoms with Crippen molar-refractivity contribution in [2.75, 3.05) is 33.4 Å². The van der Waals surface area contributed by atoms with Crippen molar-refractivity contribution in [2.45, 2.75) is 6.04 Å². The molecule has 88 valence electrons. The lowest BCUT2D eigenvalue weighted by atomic mass is 10.2. The normalized spacial score (nSPS) is 21.1. The summed E-state index contributed by atoms with van der Waals surface area (Å²) in [6.07, 6.45) is 1.76. The molecule has 0 aliphatic carbocycles. The van der Waals surface area contributed by atoms with E-state index in [-0.39, 0.29) is 11.9 Å². The molecule has 1 aliphatic heterocycles. The van der Waals surface area contributed by atoms with Crippen molar-refractivity contribution in [3.63, 3.8) is 0 Å². The highest BCUT2D eigenvalue weighted by molar-refractivity contribution is 5.92. The standard InChI is InChI=1S/C11H17N3O2/c1-12-7-9-8-16-6-5-14(9)11(15)10-3-2-4-13-10/h2-4,9,12-13H,5-8H2,1H3. The molecule has 0 radical (unpaired) electrons. The first-order chi connectivity index (χ1) is 7.83. The van der Waals surface area contributed by atoms with Gasteiger partial charge in [-0.25, -0.2) is 0 Å². The molecule has 2 N–H and O–H groups in total. The van der Waals surface area contributed by atoms with Crippen LogP contribution in [0.2, 0.25) is 0 Å². The lowest BCUT2D eigenvalue weighted by molar-refractivity contribution is -0.00125. The molecule has 16 heavy (non-hydrogen) atoms. The third-order valence-electron chi connectivity index (χ3n) is 2.76. The maximum Gasteiger partial charge on any atom is 0.270 e. The Morgan fingerprint density at radius 1 is 1.75 bits per heavy atom. The summed E-state index contributed by atoms with van der Waals surface area (Å²) in [5.41, 5.74) is 0.642. The van der Waals surface area contributed by atoms with Gasteiger partial charge >= 0.3 is 0 Å². The molecule has 1 atom stereocenters. The van der Waals surface area contributed by atoms with Crippen LogP contribution in [0.3, 0.4) is 0 Å². The average Bonchev–Trinajstić information content (AvgIpc) is 2.83. The predicted octanol–water partition coefficient (Wildman–Crippen LogP) is 0.0751. The first-order valence-electron chi connectivity index (χ1n) is 5.49. The van der Waals surface area contributed by atoms with Crippen LogP contribution in [-0.2, 0) is 4.74 Å². The van der Waals surface area contributed by atoms with E-state index in [2.05, 4.69) is 10.3 Å². The average molecular weight is 223 g/mol. The zero-order chi connectivity index (χ0) is 11.4. The highest BCUT2D eigenvalue weighted by atomic mass is 16.5. The van der Waals surface area contributed by atoms with E-state index in [1.807, 2.05) is 18.0 Å². The van der Waals surface area contributed by atoms with Crippen LogP contribution in [0.15, 0.2) is 18.3 Å². The minimum atomic E-state index is 0.0496. The van der Waals surface area contributed by atoms with Gasteiger partial charge in [0.25, 0.3) is 5.91 Å². The Morgan fingerprint density at radius 2 is 2.62 bits per heavy atom. The number of hydrogen-bond donors (Lipinski definition) is 2. The second kappa shape index (κ2) is 5.14. The quantitative estimate of drug-likeness (QED) is 0.762. The summed E-state index contributed by atoms with van der Waals surface area (Å²) in [7, 11) is 1.88. The van der Waals surface area contributed by atoms with Crippen LogP contribution < -0.4 is 5.32 Å². The van der Waals surface area contributed by atoms with Gasteiger partial charge in [0.05, 0.1) is 19.3 Å². The topological polar surface area (TPSA) is 57.4 Å². The van der Waals surface area contributed by atoms with Gasteiger partial charge < -0.3 is 19.9 Å². The number of aromatic nitrogens is 1. The van der Waals surface area contributed by atoms with Crippen LogP contribution in [0.1, 0.15) is 10.5 Å². The van der Waals surface area contributed by atoms with Gasteiger partial charge in [-0.15, -0.1) is 0 Å². The highest BCUT2D eigenvalue weighted by Gasteiger charge is 2.27. The molecular formula is C11H17N3O2. The van der Waals surface area contributed by atoms with E-state index in [4.69, 9.17) is 4.74 Å². The van der Waals surface area contributed by atoms with Gasteiger partial charge in [-0.3, -0.25) is 4.79 Å². The minimum Gasteiger partial charge on any atom is -0.377 e. The molecule has 1 aromatic rings. The zero-order valence-electron chi connectivity index (χ0n) is 9.40. The first-order valence-corrected chi connectivity index (χ1v) is 5.49. The predicted molar refractivity (Wildman–Crippen MR) is 60.4 cm³/mol. The number of nitrogens with zero attached hydrogens (tertiary/aromatic N) is 1. The number of hydrogen-bond acceptors (Lipinski definition) is 3. The summed E-state index contributed by atoms with van der Waals surface area (Å²) < 4.78 is 5.39. The fraction of sp³-hybridized carbons (Fsp3) is 0.545. The van der Waals surface area contributed by atoms with E-state index in [1.54, 1.807) is 12.3 Å². The van der Waals surface area contributed by atoms with Crippen LogP contribution in [0.25, 0.3) is 0 Å². The number of amides is 1. The number of carbonyl (C=O) groups excluding carboxylic acids is 1. The largest absolute Gasteiger partial charge is 0.377 e. The van der Waals surface area contributed by atoms with E-state index in [0.717, 1.165) is 6.54 Å². The fourth-order valence-electron chi connectivity index (χ4n) is 1.95.